The number of fused-ring (bicyclic) bond motifs is 18. The molecule has 0 aliphatic heterocycles. The molecule has 9 nitrogen and oxygen atoms in total. The van der Waals surface area contributed by atoms with E-state index in [1.54, 1.807) is 12.4 Å². The van der Waals surface area contributed by atoms with E-state index in [4.69, 9.17) is 9.97 Å². The molecule has 11 heteroatoms. The van der Waals surface area contributed by atoms with E-state index < -0.39 is 15.1 Å². The lowest BCUT2D eigenvalue weighted by molar-refractivity contribution is 0.592. The number of rotatable bonds is 6. The highest BCUT2D eigenvalue weighted by Gasteiger charge is 2.31. The van der Waals surface area contributed by atoms with Gasteiger partial charge < -0.3 is 10.0 Å². The maximum absolute atomic E-state index is 15.4. The van der Waals surface area contributed by atoms with Gasteiger partial charge in [0, 0.05) is 73.8 Å². The van der Waals surface area contributed by atoms with E-state index in [0.29, 0.717) is 5.30 Å². The minimum absolute atomic E-state index is 0. The van der Waals surface area contributed by atoms with E-state index in [0.717, 1.165) is 92.7 Å². The molecule has 7 aromatic heterocycles. The van der Waals surface area contributed by atoms with Crippen molar-refractivity contribution in [2.24, 2.45) is 0 Å². The van der Waals surface area contributed by atoms with Crippen molar-refractivity contribution in [1.82, 2.24) is 33.7 Å². The Balaban J connectivity index is 0.000000140. The first-order chi connectivity index (χ1) is 38.1. The third-order valence-electron chi connectivity index (χ3n) is 15.0. The summed E-state index contributed by atoms with van der Waals surface area (Å²) in [7, 11) is -4.09. The van der Waals surface area contributed by atoms with Crippen molar-refractivity contribution in [2.45, 2.75) is 0 Å². The van der Waals surface area contributed by atoms with Gasteiger partial charge in [-0.3, -0.25) is 23.8 Å². The van der Waals surface area contributed by atoms with E-state index in [9.17, 15) is 0 Å². The van der Waals surface area contributed by atoms with Gasteiger partial charge in [-0.05, 0) is 136 Å². The molecule has 78 heavy (non-hydrogen) atoms. The molecule has 0 fully saturated rings. The molecule has 0 radical (unpaired) electrons. The zero-order valence-corrected chi connectivity index (χ0v) is 43.5. The molecule has 2 atom stereocenters. The van der Waals surface area contributed by atoms with Crippen molar-refractivity contribution in [3.63, 3.8) is 0 Å². The van der Waals surface area contributed by atoms with Crippen LogP contribution in [0.3, 0.4) is 0 Å². The Bertz CT molecular complexity index is 5070. The number of pyridine rings is 5. The van der Waals surface area contributed by atoms with Gasteiger partial charge in [-0.2, -0.15) is 0 Å². The molecule has 9 aromatic carbocycles. The van der Waals surface area contributed by atoms with Gasteiger partial charge in [-0.1, -0.05) is 140 Å². The second-order valence-electron chi connectivity index (χ2n) is 19.3. The second-order valence-corrected chi connectivity index (χ2v) is 24.3. The van der Waals surface area contributed by atoms with Crippen LogP contribution in [0.25, 0.3) is 98.4 Å². The largest absolute Gasteiger partial charge is 0.412 e. The average Bonchev–Trinajstić information content (AvgIpc) is 4.12. The fourth-order valence-electron chi connectivity index (χ4n) is 11.4. The molecule has 0 aliphatic carbocycles. The van der Waals surface area contributed by atoms with Gasteiger partial charge in [-0.25, -0.2) is 9.97 Å². The van der Waals surface area contributed by atoms with Crippen LogP contribution in [0.1, 0.15) is 0 Å². The van der Waals surface area contributed by atoms with Gasteiger partial charge in [0.2, 0.25) is 0 Å². The van der Waals surface area contributed by atoms with E-state index >= 15 is 4.57 Å². The minimum atomic E-state index is -3.26. The van der Waals surface area contributed by atoms with Gasteiger partial charge in [0.1, 0.15) is 11.3 Å². The summed E-state index contributed by atoms with van der Waals surface area (Å²) in [4.78, 5) is 23.5. The number of hydrogen-bond acceptors (Lipinski definition) is 6. The van der Waals surface area contributed by atoms with E-state index in [1.807, 2.05) is 79.3 Å². The van der Waals surface area contributed by atoms with Crippen LogP contribution in [0.5, 0.6) is 0 Å². The normalized spacial score (nSPS) is 12.9. The highest BCUT2D eigenvalue weighted by Crippen LogP contribution is 2.45. The third kappa shape index (κ3) is 7.54. The summed E-state index contributed by atoms with van der Waals surface area (Å²) < 4.78 is 19.9. The second kappa shape index (κ2) is 19.0. The standard InChI is InChI=1S/C34H22N3OP.C33H21N4P.H2O/c38-39(27-10-7-19-35-22-27,25-16-15-23-8-1-2-9-24(23)20-25)26-17-18-28-29-11-3-5-13-32(29)37-33-14-6-4-12-31(33)36-34(37)30(28)21-26;1-3-9-31-27(7-1)26-14-13-24(20-28(26)33-36-29-8-2-4-10-32(29)37(31)33)38(23-15-18-34-19-16-23)25-12-11-22-6-5-17-35-30(22)21-25;/h1-22H;1-21H;1H2. The van der Waals surface area contributed by atoms with Gasteiger partial charge in [-0.15, -0.1) is 0 Å². The quantitative estimate of drug-likeness (QED) is 0.121. The molecule has 370 valence electrons. The lowest BCUT2D eigenvalue weighted by Gasteiger charge is -2.21. The Labute approximate surface area is 448 Å². The van der Waals surface area contributed by atoms with Gasteiger partial charge in [0.15, 0.2) is 7.14 Å². The summed E-state index contributed by atoms with van der Waals surface area (Å²) >= 11 is 0. The van der Waals surface area contributed by atoms with E-state index in [1.165, 1.54) is 32.2 Å². The van der Waals surface area contributed by atoms with Crippen LogP contribution >= 0.6 is 15.1 Å². The lowest BCUT2D eigenvalue weighted by Crippen LogP contribution is -2.25. The number of benzene rings is 9. The molecular weight excluding hydrogens is 997 g/mol. The number of aromatic nitrogens is 7. The number of nitrogens with zero attached hydrogens (tertiary/aromatic N) is 7. The number of imidazole rings is 2. The monoisotopic (exact) mass is 1040 g/mol. The van der Waals surface area contributed by atoms with Crippen molar-refractivity contribution < 1.29 is 10.0 Å². The van der Waals surface area contributed by atoms with Crippen LogP contribution < -0.4 is 31.8 Å². The van der Waals surface area contributed by atoms with Crippen molar-refractivity contribution in [2.75, 3.05) is 0 Å². The van der Waals surface area contributed by atoms with Crippen molar-refractivity contribution in [3.05, 3.63) is 262 Å². The molecule has 0 saturated carbocycles. The molecule has 2 unspecified atom stereocenters. The molecule has 0 spiro atoms. The Kier molecular flexibility index (Phi) is 11.4. The Morgan fingerprint density at radius 1 is 0.346 bits per heavy atom. The van der Waals surface area contributed by atoms with Gasteiger partial charge in [0.05, 0.1) is 38.6 Å². The van der Waals surface area contributed by atoms with Crippen molar-refractivity contribution >= 4 is 145 Å². The van der Waals surface area contributed by atoms with Crippen LogP contribution in [0, 0.1) is 0 Å². The molecular formula is C67H45N7O2P2. The first-order valence-electron chi connectivity index (χ1n) is 25.6. The van der Waals surface area contributed by atoms with Crippen LogP contribution in [-0.4, -0.2) is 39.2 Å². The summed E-state index contributed by atoms with van der Waals surface area (Å²) in [5.41, 5.74) is 9.27. The van der Waals surface area contributed by atoms with E-state index in [2.05, 4.69) is 194 Å². The highest BCUT2D eigenvalue weighted by molar-refractivity contribution is 7.85. The van der Waals surface area contributed by atoms with Crippen LogP contribution in [-0.2, 0) is 4.57 Å². The minimum Gasteiger partial charge on any atom is -0.412 e. The molecule has 7 heterocycles. The van der Waals surface area contributed by atoms with Gasteiger partial charge >= 0.3 is 0 Å². The summed E-state index contributed by atoms with van der Waals surface area (Å²) in [6.07, 6.45) is 9.10. The number of para-hydroxylation sites is 6. The SMILES string of the molecule is O.O=P(c1cccnc1)(c1ccc2ccccc2c1)c1ccc2c3ccccc3n3c4ccccc4nc3c2c1.c1cnc2cc(P(c3ccncc3)c3ccc4c5ccccc5n5c6ccccc6nc5c4c3)ccc2c1. The van der Waals surface area contributed by atoms with E-state index in [-0.39, 0.29) is 5.48 Å². The number of hydrogen-bond donors (Lipinski definition) is 0. The third-order valence-corrected chi connectivity index (χ3v) is 20.4. The maximum atomic E-state index is 15.4. The van der Waals surface area contributed by atoms with Crippen molar-refractivity contribution in [1.29, 1.82) is 0 Å². The van der Waals surface area contributed by atoms with Gasteiger partial charge in [0.25, 0.3) is 0 Å². The topological polar surface area (TPSA) is 122 Å². The molecule has 0 amide bonds. The molecule has 0 bridgehead atoms. The lowest BCUT2D eigenvalue weighted by atomic mass is 10.1. The smallest absolute Gasteiger partial charge is 0.172 e. The molecule has 16 rings (SSSR count). The van der Waals surface area contributed by atoms with Crippen LogP contribution in [0.2, 0.25) is 0 Å². The maximum Gasteiger partial charge on any atom is 0.172 e. The Hall–Kier alpha value is -9.49. The zero-order chi connectivity index (χ0) is 51.0. The Morgan fingerprint density at radius 2 is 0.885 bits per heavy atom. The summed E-state index contributed by atoms with van der Waals surface area (Å²) in [6, 6.07) is 79.9. The molecule has 0 saturated heterocycles. The summed E-state index contributed by atoms with van der Waals surface area (Å²) in [5, 5.41) is 16.2. The van der Waals surface area contributed by atoms with Crippen LogP contribution in [0.15, 0.2) is 262 Å². The highest BCUT2D eigenvalue weighted by atomic mass is 31.2. The predicted molar refractivity (Wildman–Crippen MR) is 326 cm³/mol. The first-order valence-corrected chi connectivity index (χ1v) is 28.6. The summed E-state index contributed by atoms with van der Waals surface area (Å²) in [6.45, 7) is 0. The molecule has 2 N–H and O–H groups in total. The summed E-state index contributed by atoms with van der Waals surface area (Å²) in [5.74, 6) is 0. The Morgan fingerprint density at radius 3 is 1.58 bits per heavy atom. The zero-order valence-electron chi connectivity index (χ0n) is 41.8. The van der Waals surface area contributed by atoms with Crippen molar-refractivity contribution in [3.8, 4) is 0 Å². The average molecular weight is 1040 g/mol. The van der Waals surface area contributed by atoms with Crippen LogP contribution in [0.4, 0.5) is 0 Å². The molecule has 0 aliphatic rings. The fourth-order valence-corrected chi connectivity index (χ4v) is 16.3. The first kappa shape index (κ1) is 47.0. The fraction of sp³-hybridized carbons (Fsp3) is 0. The predicted octanol–water partition coefficient (Wildman–Crippen LogP) is 12.7. The molecule has 16 aromatic rings.